The van der Waals surface area contributed by atoms with Crippen LogP contribution in [0.2, 0.25) is 5.02 Å². The second-order valence-electron chi connectivity index (χ2n) is 7.51. The number of carbonyl (C=O) groups is 1. The standard InChI is InChI=1S/C18H27ClN4O3S/c1-14-4-6-15(7-5-14)21-27(25,26)13-17(24)22-9-11-23(12-10-22)18-16(19)3-2-8-20-18/h2-3,8,14-15,21H,4-7,9-13H2,1H3. The Balaban J connectivity index is 1.49. The van der Waals surface area contributed by atoms with Crippen LogP contribution >= 0.6 is 11.6 Å². The molecule has 1 amide bonds. The molecule has 1 aromatic heterocycles. The highest BCUT2D eigenvalue weighted by atomic mass is 35.5. The second kappa shape index (κ2) is 8.75. The molecule has 27 heavy (non-hydrogen) atoms. The molecule has 0 unspecified atom stereocenters. The largest absolute Gasteiger partial charge is 0.352 e. The summed E-state index contributed by atoms with van der Waals surface area (Å²) in [7, 11) is -3.61. The molecule has 3 rings (SSSR count). The average molecular weight is 415 g/mol. The first-order chi connectivity index (χ1) is 12.8. The molecule has 0 atom stereocenters. The zero-order chi connectivity index (χ0) is 19.4. The number of halogens is 1. The van der Waals surface area contributed by atoms with Crippen molar-refractivity contribution in [3.8, 4) is 0 Å². The zero-order valence-electron chi connectivity index (χ0n) is 15.6. The molecule has 0 aromatic carbocycles. The quantitative estimate of drug-likeness (QED) is 0.795. The van der Waals surface area contributed by atoms with Gasteiger partial charge in [-0.1, -0.05) is 18.5 Å². The van der Waals surface area contributed by atoms with Crippen LogP contribution in [0.4, 0.5) is 5.82 Å². The van der Waals surface area contributed by atoms with E-state index in [4.69, 9.17) is 11.6 Å². The molecule has 1 aromatic rings. The van der Waals surface area contributed by atoms with Crippen LogP contribution in [0.15, 0.2) is 18.3 Å². The minimum Gasteiger partial charge on any atom is -0.352 e. The number of nitrogens with zero attached hydrogens (tertiary/aromatic N) is 3. The molecular weight excluding hydrogens is 388 g/mol. The number of rotatable bonds is 5. The highest BCUT2D eigenvalue weighted by Crippen LogP contribution is 2.24. The third kappa shape index (κ3) is 5.56. The van der Waals surface area contributed by atoms with Crippen LogP contribution < -0.4 is 9.62 Å². The van der Waals surface area contributed by atoms with Gasteiger partial charge in [0.1, 0.15) is 11.6 Å². The third-order valence-electron chi connectivity index (χ3n) is 5.35. The highest BCUT2D eigenvalue weighted by molar-refractivity contribution is 7.90. The Hall–Kier alpha value is -1.38. The van der Waals surface area contributed by atoms with E-state index < -0.39 is 15.8 Å². The first kappa shape index (κ1) is 20.4. The predicted molar refractivity (Wildman–Crippen MR) is 106 cm³/mol. The Labute approximate surface area is 166 Å². The smallest absolute Gasteiger partial charge is 0.239 e. The van der Waals surface area contributed by atoms with Crippen molar-refractivity contribution in [1.82, 2.24) is 14.6 Å². The SMILES string of the molecule is CC1CCC(NS(=O)(=O)CC(=O)N2CCN(c3ncccc3Cl)CC2)CC1. The number of hydrogen-bond donors (Lipinski definition) is 1. The van der Waals surface area contributed by atoms with Gasteiger partial charge >= 0.3 is 0 Å². The zero-order valence-corrected chi connectivity index (χ0v) is 17.2. The molecule has 150 valence electrons. The van der Waals surface area contributed by atoms with E-state index in [9.17, 15) is 13.2 Å². The lowest BCUT2D eigenvalue weighted by Gasteiger charge is -2.35. The van der Waals surface area contributed by atoms with Crippen molar-refractivity contribution in [1.29, 1.82) is 0 Å². The van der Waals surface area contributed by atoms with Gasteiger partial charge < -0.3 is 9.80 Å². The van der Waals surface area contributed by atoms with Crippen molar-refractivity contribution in [2.45, 2.75) is 38.6 Å². The van der Waals surface area contributed by atoms with Crippen molar-refractivity contribution >= 4 is 33.3 Å². The lowest BCUT2D eigenvalue weighted by Crippen LogP contribution is -2.51. The number of amides is 1. The molecule has 1 saturated heterocycles. The normalized spacial score (nSPS) is 24.1. The van der Waals surface area contributed by atoms with Crippen LogP contribution in [0.3, 0.4) is 0 Å². The number of piperazine rings is 1. The van der Waals surface area contributed by atoms with Crippen LogP contribution in [0.5, 0.6) is 0 Å². The molecule has 1 aliphatic heterocycles. The molecule has 1 N–H and O–H groups in total. The van der Waals surface area contributed by atoms with Gasteiger partial charge in [-0.15, -0.1) is 0 Å². The maximum Gasteiger partial charge on any atom is 0.239 e. The van der Waals surface area contributed by atoms with Crippen LogP contribution in [-0.4, -0.2) is 62.2 Å². The van der Waals surface area contributed by atoms with E-state index in [1.165, 1.54) is 0 Å². The highest BCUT2D eigenvalue weighted by Gasteiger charge is 2.29. The molecular formula is C18H27ClN4O3S. The first-order valence-electron chi connectivity index (χ1n) is 9.47. The van der Waals surface area contributed by atoms with Crippen molar-refractivity contribution in [2.24, 2.45) is 5.92 Å². The summed E-state index contributed by atoms with van der Waals surface area (Å²) < 4.78 is 27.4. The van der Waals surface area contributed by atoms with Crippen LogP contribution in [0, 0.1) is 5.92 Å². The molecule has 1 aliphatic carbocycles. The summed E-state index contributed by atoms with van der Waals surface area (Å²) in [6.07, 6.45) is 5.43. The van der Waals surface area contributed by atoms with Gasteiger partial charge in [-0.3, -0.25) is 4.79 Å². The van der Waals surface area contributed by atoms with Crippen LogP contribution in [0.25, 0.3) is 0 Å². The van der Waals surface area contributed by atoms with Gasteiger partial charge in [-0.2, -0.15) is 0 Å². The van der Waals surface area contributed by atoms with Gasteiger partial charge in [0, 0.05) is 38.4 Å². The van der Waals surface area contributed by atoms with Crippen molar-refractivity contribution in [3.05, 3.63) is 23.4 Å². The van der Waals surface area contributed by atoms with E-state index in [0.717, 1.165) is 25.7 Å². The van der Waals surface area contributed by atoms with Gasteiger partial charge in [0.25, 0.3) is 0 Å². The summed E-state index contributed by atoms with van der Waals surface area (Å²) in [6, 6.07) is 3.52. The average Bonchev–Trinajstić information content (AvgIpc) is 2.63. The second-order valence-corrected chi connectivity index (χ2v) is 9.67. The topological polar surface area (TPSA) is 82.6 Å². The Morgan fingerprint density at radius 3 is 2.52 bits per heavy atom. The van der Waals surface area contributed by atoms with Gasteiger partial charge in [-0.25, -0.2) is 18.1 Å². The summed E-state index contributed by atoms with van der Waals surface area (Å²) in [4.78, 5) is 20.4. The minimum atomic E-state index is -3.61. The van der Waals surface area contributed by atoms with E-state index in [1.54, 1.807) is 23.2 Å². The van der Waals surface area contributed by atoms with Crippen molar-refractivity contribution < 1.29 is 13.2 Å². The summed E-state index contributed by atoms with van der Waals surface area (Å²) >= 11 is 6.17. The molecule has 0 bridgehead atoms. The Bertz CT molecular complexity index is 758. The number of sulfonamides is 1. The number of carbonyl (C=O) groups excluding carboxylic acids is 1. The van der Waals surface area contributed by atoms with E-state index in [0.29, 0.717) is 42.9 Å². The fourth-order valence-corrected chi connectivity index (χ4v) is 5.28. The lowest BCUT2D eigenvalue weighted by atomic mass is 9.88. The Kier molecular flexibility index (Phi) is 6.60. The van der Waals surface area contributed by atoms with Gasteiger partial charge in [0.05, 0.1) is 5.02 Å². The molecule has 2 aliphatic rings. The van der Waals surface area contributed by atoms with Crippen molar-refractivity contribution in [3.63, 3.8) is 0 Å². The molecule has 9 heteroatoms. The Morgan fingerprint density at radius 1 is 1.22 bits per heavy atom. The molecule has 0 radical (unpaired) electrons. The first-order valence-corrected chi connectivity index (χ1v) is 11.5. The van der Waals surface area contributed by atoms with Crippen molar-refractivity contribution in [2.75, 3.05) is 36.8 Å². The molecule has 2 fully saturated rings. The fraction of sp³-hybridized carbons (Fsp3) is 0.667. The van der Waals surface area contributed by atoms with Gasteiger partial charge in [0.15, 0.2) is 0 Å². The molecule has 7 nitrogen and oxygen atoms in total. The maximum atomic E-state index is 12.5. The van der Waals surface area contributed by atoms with Crippen LogP contribution in [-0.2, 0) is 14.8 Å². The summed E-state index contributed by atoms with van der Waals surface area (Å²) in [5.74, 6) is 0.519. The van der Waals surface area contributed by atoms with E-state index in [2.05, 4.69) is 16.6 Å². The number of hydrogen-bond acceptors (Lipinski definition) is 5. The van der Waals surface area contributed by atoms with Gasteiger partial charge in [0.2, 0.25) is 15.9 Å². The fourth-order valence-electron chi connectivity index (χ4n) is 3.71. The number of pyridine rings is 1. The predicted octanol–water partition coefficient (Wildman–Crippen LogP) is 1.88. The Morgan fingerprint density at radius 2 is 1.89 bits per heavy atom. The summed E-state index contributed by atoms with van der Waals surface area (Å²) in [6.45, 7) is 4.27. The monoisotopic (exact) mass is 414 g/mol. The van der Waals surface area contributed by atoms with Crippen LogP contribution in [0.1, 0.15) is 32.6 Å². The number of aromatic nitrogens is 1. The van der Waals surface area contributed by atoms with E-state index >= 15 is 0 Å². The lowest BCUT2D eigenvalue weighted by molar-refractivity contribution is -0.128. The molecule has 0 spiro atoms. The summed E-state index contributed by atoms with van der Waals surface area (Å²) in [5, 5.41) is 0.575. The van der Waals surface area contributed by atoms with Gasteiger partial charge in [-0.05, 0) is 43.7 Å². The third-order valence-corrected chi connectivity index (χ3v) is 6.96. The number of nitrogens with one attached hydrogen (secondary N) is 1. The van der Waals surface area contributed by atoms with E-state index in [-0.39, 0.29) is 11.9 Å². The maximum absolute atomic E-state index is 12.5. The minimum absolute atomic E-state index is 0.0397. The molecule has 1 saturated carbocycles. The number of anilines is 1. The summed E-state index contributed by atoms with van der Waals surface area (Å²) in [5.41, 5.74) is 0. The molecule has 2 heterocycles. The van der Waals surface area contributed by atoms with E-state index in [1.807, 2.05) is 4.90 Å².